The summed E-state index contributed by atoms with van der Waals surface area (Å²) in [5.41, 5.74) is 1.28. The van der Waals surface area contributed by atoms with Crippen LogP contribution in [0.2, 0.25) is 15.1 Å². The Hall–Kier alpha value is -2.85. The van der Waals surface area contributed by atoms with Gasteiger partial charge in [-0.3, -0.25) is 13.9 Å². The van der Waals surface area contributed by atoms with Crippen molar-refractivity contribution in [3.05, 3.63) is 98.7 Å². The molecule has 0 bridgehead atoms. The van der Waals surface area contributed by atoms with Crippen LogP contribution < -0.4 is 9.62 Å². The smallest absolute Gasteiger partial charge is 0.244 e. The minimum Gasteiger partial charge on any atom is -0.357 e. The zero-order valence-electron chi connectivity index (χ0n) is 20.5. The fraction of sp³-hybridized carbons (Fsp3) is 0.231. The van der Waals surface area contributed by atoms with Gasteiger partial charge in [0.15, 0.2) is 0 Å². The molecule has 202 valence electrons. The average molecular weight is 601 g/mol. The van der Waals surface area contributed by atoms with Crippen LogP contribution in [0.1, 0.15) is 11.1 Å². The lowest BCUT2D eigenvalue weighted by molar-refractivity contribution is -0.139. The quantitative estimate of drug-likeness (QED) is 0.334. The first-order valence-electron chi connectivity index (χ1n) is 11.3. The SMILES string of the molecule is CNC(=O)[C@H](Cc1ccccc1)N(Cc1ccc(F)cc1)C(=O)CN(c1cc(Cl)c(Cl)cc1Cl)S(C)(=O)=O. The van der Waals surface area contributed by atoms with Crippen molar-refractivity contribution in [2.24, 2.45) is 0 Å². The third kappa shape index (κ3) is 7.60. The highest BCUT2D eigenvalue weighted by Gasteiger charge is 2.33. The molecule has 3 rings (SSSR count). The molecule has 12 heteroatoms. The number of sulfonamides is 1. The minimum atomic E-state index is -4.04. The van der Waals surface area contributed by atoms with E-state index in [0.29, 0.717) is 5.56 Å². The van der Waals surface area contributed by atoms with E-state index in [1.165, 1.54) is 48.3 Å². The number of rotatable bonds is 10. The molecular weight excluding hydrogens is 576 g/mol. The van der Waals surface area contributed by atoms with Crippen molar-refractivity contribution in [3.8, 4) is 0 Å². The third-order valence-corrected chi connectivity index (χ3v) is 7.87. The van der Waals surface area contributed by atoms with Crippen LogP contribution in [0.15, 0.2) is 66.7 Å². The Labute approximate surface area is 236 Å². The summed E-state index contributed by atoms with van der Waals surface area (Å²) < 4.78 is 39.9. The van der Waals surface area contributed by atoms with Crippen molar-refractivity contribution in [1.29, 1.82) is 0 Å². The van der Waals surface area contributed by atoms with Gasteiger partial charge in [0.1, 0.15) is 18.4 Å². The zero-order valence-corrected chi connectivity index (χ0v) is 23.6. The number of likely N-dealkylation sites (N-methyl/N-ethyl adjacent to an activating group) is 1. The Morgan fingerprint density at radius 1 is 0.921 bits per heavy atom. The van der Waals surface area contributed by atoms with Crippen LogP contribution >= 0.6 is 34.8 Å². The maximum atomic E-state index is 13.8. The van der Waals surface area contributed by atoms with E-state index in [0.717, 1.165) is 16.1 Å². The van der Waals surface area contributed by atoms with Crippen LogP contribution in [0.3, 0.4) is 0 Å². The van der Waals surface area contributed by atoms with E-state index >= 15 is 0 Å². The standard InChI is InChI=1S/C26H25Cl3FN3O4S/c1-31-26(35)24(12-17-6-4-3-5-7-17)32(15-18-8-10-19(30)11-9-18)25(34)16-33(38(2,36)37)23-14-21(28)20(27)13-22(23)29/h3-11,13-14,24H,12,15-16H2,1-2H3,(H,31,35)/t24-/m0/s1. The van der Waals surface area contributed by atoms with Gasteiger partial charge >= 0.3 is 0 Å². The molecule has 0 aliphatic rings. The molecule has 1 N–H and O–H groups in total. The van der Waals surface area contributed by atoms with Crippen molar-refractivity contribution < 1.29 is 22.4 Å². The molecule has 1 atom stereocenters. The van der Waals surface area contributed by atoms with E-state index in [1.807, 2.05) is 18.2 Å². The molecule has 0 spiro atoms. The van der Waals surface area contributed by atoms with Crippen LogP contribution in [0, 0.1) is 5.82 Å². The molecule has 3 aromatic rings. The van der Waals surface area contributed by atoms with Gasteiger partial charge in [-0.25, -0.2) is 12.8 Å². The lowest BCUT2D eigenvalue weighted by Crippen LogP contribution is -2.52. The maximum absolute atomic E-state index is 13.8. The first-order valence-corrected chi connectivity index (χ1v) is 14.3. The van der Waals surface area contributed by atoms with Crippen molar-refractivity contribution >= 4 is 62.3 Å². The van der Waals surface area contributed by atoms with Crippen LogP contribution in [-0.2, 0) is 32.6 Å². The summed E-state index contributed by atoms with van der Waals surface area (Å²) in [4.78, 5) is 28.1. The number of carbonyl (C=O) groups excluding carboxylic acids is 2. The zero-order chi connectivity index (χ0) is 28.0. The molecule has 38 heavy (non-hydrogen) atoms. The first-order chi connectivity index (χ1) is 17.9. The minimum absolute atomic E-state index is 0.0325. The van der Waals surface area contributed by atoms with Crippen molar-refractivity contribution in [1.82, 2.24) is 10.2 Å². The molecule has 0 unspecified atom stereocenters. The molecule has 0 fully saturated rings. The van der Waals surface area contributed by atoms with E-state index in [2.05, 4.69) is 5.32 Å². The number of amides is 2. The average Bonchev–Trinajstić information content (AvgIpc) is 2.87. The van der Waals surface area contributed by atoms with Crippen LogP contribution in [0.4, 0.5) is 10.1 Å². The molecule has 0 aliphatic heterocycles. The third-order valence-electron chi connectivity index (χ3n) is 5.72. The number of hydrogen-bond donors (Lipinski definition) is 1. The number of nitrogens with one attached hydrogen (secondary N) is 1. The van der Waals surface area contributed by atoms with Gasteiger partial charge in [-0.1, -0.05) is 77.3 Å². The Bertz CT molecular complexity index is 1410. The number of halogens is 4. The van der Waals surface area contributed by atoms with E-state index in [4.69, 9.17) is 34.8 Å². The Balaban J connectivity index is 2.06. The van der Waals surface area contributed by atoms with E-state index < -0.39 is 40.2 Å². The van der Waals surface area contributed by atoms with Gasteiger partial charge in [0, 0.05) is 20.0 Å². The molecular formula is C26H25Cl3FN3O4S. The monoisotopic (exact) mass is 599 g/mol. The molecule has 0 aromatic heterocycles. The molecule has 0 saturated carbocycles. The summed E-state index contributed by atoms with van der Waals surface area (Å²) in [7, 11) is -2.59. The molecule has 0 heterocycles. The topological polar surface area (TPSA) is 86.8 Å². The van der Waals surface area contributed by atoms with E-state index in [1.54, 1.807) is 12.1 Å². The Kier molecular flexibility index (Phi) is 10.0. The molecule has 7 nitrogen and oxygen atoms in total. The van der Waals surface area contributed by atoms with E-state index in [-0.39, 0.29) is 33.7 Å². The Morgan fingerprint density at radius 2 is 1.53 bits per heavy atom. The van der Waals surface area contributed by atoms with Crippen LogP contribution in [0.25, 0.3) is 0 Å². The van der Waals surface area contributed by atoms with Crippen molar-refractivity contribution in [2.45, 2.75) is 19.0 Å². The summed E-state index contributed by atoms with van der Waals surface area (Å²) in [5.74, 6) is -1.61. The molecule has 0 radical (unpaired) electrons. The Morgan fingerprint density at radius 3 is 2.11 bits per heavy atom. The number of hydrogen-bond acceptors (Lipinski definition) is 4. The van der Waals surface area contributed by atoms with Gasteiger partial charge in [0.2, 0.25) is 21.8 Å². The first kappa shape index (κ1) is 29.7. The lowest BCUT2D eigenvalue weighted by atomic mass is 10.0. The summed E-state index contributed by atoms with van der Waals surface area (Å²) in [6.45, 7) is -0.767. The lowest BCUT2D eigenvalue weighted by Gasteiger charge is -2.33. The highest BCUT2D eigenvalue weighted by atomic mass is 35.5. The second kappa shape index (κ2) is 12.8. The molecule has 2 amide bonds. The van der Waals surface area contributed by atoms with Gasteiger partial charge in [-0.15, -0.1) is 0 Å². The van der Waals surface area contributed by atoms with Crippen molar-refractivity contribution in [3.63, 3.8) is 0 Å². The number of benzene rings is 3. The van der Waals surface area contributed by atoms with Gasteiger partial charge in [-0.2, -0.15) is 0 Å². The fourth-order valence-corrected chi connectivity index (χ4v) is 5.35. The van der Waals surface area contributed by atoms with Gasteiger partial charge < -0.3 is 10.2 Å². The number of anilines is 1. The van der Waals surface area contributed by atoms with E-state index in [9.17, 15) is 22.4 Å². The number of carbonyl (C=O) groups is 2. The largest absolute Gasteiger partial charge is 0.357 e. The summed E-state index contributed by atoms with van der Waals surface area (Å²) in [5, 5.41) is 2.70. The highest BCUT2D eigenvalue weighted by molar-refractivity contribution is 7.92. The predicted molar refractivity (Wildman–Crippen MR) is 149 cm³/mol. The second-order valence-corrected chi connectivity index (χ2v) is 11.6. The highest BCUT2D eigenvalue weighted by Crippen LogP contribution is 2.35. The molecule has 0 aliphatic carbocycles. The molecule has 3 aromatic carbocycles. The summed E-state index contributed by atoms with van der Waals surface area (Å²) in [6.07, 6.45) is 1.07. The van der Waals surface area contributed by atoms with Gasteiger partial charge in [0.05, 0.1) is 27.0 Å². The van der Waals surface area contributed by atoms with Gasteiger partial charge in [-0.05, 0) is 35.4 Å². The number of nitrogens with zero attached hydrogens (tertiary/aromatic N) is 2. The molecule has 0 saturated heterocycles. The summed E-state index contributed by atoms with van der Waals surface area (Å²) >= 11 is 18.4. The maximum Gasteiger partial charge on any atom is 0.244 e. The normalized spacial score (nSPS) is 12.1. The van der Waals surface area contributed by atoms with Gasteiger partial charge in [0.25, 0.3) is 0 Å². The van der Waals surface area contributed by atoms with Crippen LogP contribution in [-0.4, -0.2) is 51.0 Å². The van der Waals surface area contributed by atoms with Crippen LogP contribution in [0.5, 0.6) is 0 Å². The second-order valence-electron chi connectivity index (χ2n) is 8.46. The summed E-state index contributed by atoms with van der Waals surface area (Å²) in [6, 6.07) is 16.0. The fourth-order valence-electron chi connectivity index (χ4n) is 3.81. The predicted octanol–water partition coefficient (Wildman–Crippen LogP) is 4.94. The van der Waals surface area contributed by atoms with Crippen molar-refractivity contribution in [2.75, 3.05) is 24.2 Å².